The number of thiophene rings is 1. The zero-order valence-electron chi connectivity index (χ0n) is 17.5. The molecule has 29 heavy (non-hydrogen) atoms. The van der Waals surface area contributed by atoms with E-state index in [1.807, 2.05) is 27.7 Å². The van der Waals surface area contributed by atoms with Crippen LogP contribution in [-0.4, -0.2) is 19.4 Å². The maximum Gasteiger partial charge on any atom is 0.273 e. The number of carbonyl (C=O) groups excluding carboxylic acids is 1. The summed E-state index contributed by atoms with van der Waals surface area (Å²) in [4.78, 5) is 12.6. The monoisotopic (exact) mass is 441 g/mol. The molecular formula is C21H28FNO4S2. The highest BCUT2D eigenvalue weighted by Crippen LogP contribution is 2.31. The first kappa shape index (κ1) is 23.5. The number of hydrogen-bond acceptors (Lipinski definition) is 5. The van der Waals surface area contributed by atoms with Crippen molar-refractivity contribution in [3.63, 3.8) is 0 Å². The molecule has 0 aliphatic carbocycles. The predicted octanol–water partition coefficient (Wildman–Crippen LogP) is 4.41. The molecule has 2 rings (SSSR count). The molecule has 0 saturated carbocycles. The fourth-order valence-corrected chi connectivity index (χ4v) is 5.52. The Morgan fingerprint density at radius 3 is 2.31 bits per heavy atom. The van der Waals surface area contributed by atoms with E-state index < -0.39 is 27.3 Å². The number of benzene rings is 1. The van der Waals surface area contributed by atoms with Crippen LogP contribution in [0, 0.1) is 5.82 Å². The fourth-order valence-electron chi connectivity index (χ4n) is 3.19. The van der Waals surface area contributed by atoms with Crippen molar-refractivity contribution in [2.45, 2.75) is 69.6 Å². The standard InChI is InChI=1S/C21H28FNO4S2/c1-12(2)15-7-8-17(22)20(13(3)4)16(15)10-18(24)23-29(26,27)19-9-14(11-28-19)21(5,6)25/h7-9,11-13,25H,10H2,1-6H3,(H,23,24). The van der Waals surface area contributed by atoms with E-state index in [-0.39, 0.29) is 22.5 Å². The smallest absolute Gasteiger partial charge is 0.273 e. The summed E-state index contributed by atoms with van der Waals surface area (Å²) in [5, 5.41) is 11.6. The van der Waals surface area contributed by atoms with Crippen LogP contribution >= 0.6 is 11.3 Å². The molecule has 1 aromatic carbocycles. The first-order valence-electron chi connectivity index (χ1n) is 9.42. The summed E-state index contributed by atoms with van der Waals surface area (Å²) in [5.41, 5.74) is 1.05. The first-order valence-corrected chi connectivity index (χ1v) is 11.8. The first-order chi connectivity index (χ1) is 13.2. The van der Waals surface area contributed by atoms with Gasteiger partial charge in [-0.05, 0) is 65.4 Å². The molecule has 0 saturated heterocycles. The molecule has 160 valence electrons. The van der Waals surface area contributed by atoms with Crippen LogP contribution < -0.4 is 4.72 Å². The van der Waals surface area contributed by atoms with Gasteiger partial charge in [0.25, 0.3) is 10.0 Å². The van der Waals surface area contributed by atoms with Gasteiger partial charge in [-0.2, -0.15) is 0 Å². The van der Waals surface area contributed by atoms with Gasteiger partial charge in [0.05, 0.1) is 12.0 Å². The number of halogens is 1. The molecule has 0 aliphatic rings. The fraction of sp³-hybridized carbons (Fsp3) is 0.476. The number of sulfonamides is 1. The molecule has 2 aromatic rings. The maximum absolute atomic E-state index is 14.4. The van der Waals surface area contributed by atoms with Crippen molar-refractivity contribution in [2.75, 3.05) is 0 Å². The molecule has 2 N–H and O–H groups in total. The number of aliphatic hydroxyl groups is 1. The second kappa shape index (κ2) is 8.53. The molecule has 8 heteroatoms. The van der Waals surface area contributed by atoms with Gasteiger partial charge in [0.15, 0.2) is 0 Å². The lowest BCUT2D eigenvalue weighted by molar-refractivity contribution is -0.118. The van der Waals surface area contributed by atoms with Gasteiger partial charge in [0, 0.05) is 0 Å². The van der Waals surface area contributed by atoms with E-state index in [9.17, 15) is 22.7 Å². The summed E-state index contributed by atoms with van der Waals surface area (Å²) in [6, 6.07) is 4.39. The Morgan fingerprint density at radius 2 is 1.83 bits per heavy atom. The number of nitrogens with one attached hydrogen (secondary N) is 1. The zero-order valence-corrected chi connectivity index (χ0v) is 19.2. The normalized spacial score (nSPS) is 12.6. The van der Waals surface area contributed by atoms with E-state index in [0.717, 1.165) is 16.9 Å². The molecule has 1 aromatic heterocycles. The predicted molar refractivity (Wildman–Crippen MR) is 113 cm³/mol. The molecule has 0 atom stereocenters. The lowest BCUT2D eigenvalue weighted by Gasteiger charge is -2.20. The second-order valence-corrected chi connectivity index (χ2v) is 11.1. The number of amides is 1. The zero-order chi connectivity index (χ0) is 22.1. The van der Waals surface area contributed by atoms with Crippen LogP contribution in [0.2, 0.25) is 0 Å². The van der Waals surface area contributed by atoms with Gasteiger partial charge in [-0.1, -0.05) is 33.8 Å². The SMILES string of the molecule is CC(C)c1ccc(F)c(C(C)C)c1CC(=O)NS(=O)(=O)c1cc(C(C)(C)O)cs1. The number of carbonyl (C=O) groups is 1. The van der Waals surface area contributed by atoms with E-state index in [0.29, 0.717) is 16.7 Å². The highest BCUT2D eigenvalue weighted by atomic mass is 32.2. The van der Waals surface area contributed by atoms with Crippen molar-refractivity contribution in [3.8, 4) is 0 Å². The third-order valence-electron chi connectivity index (χ3n) is 4.67. The minimum atomic E-state index is -4.08. The molecule has 0 unspecified atom stereocenters. The van der Waals surface area contributed by atoms with Crippen LogP contribution in [0.25, 0.3) is 0 Å². The topological polar surface area (TPSA) is 83.5 Å². The van der Waals surface area contributed by atoms with Crippen molar-refractivity contribution in [3.05, 3.63) is 51.7 Å². The summed E-state index contributed by atoms with van der Waals surface area (Å²) in [7, 11) is -4.08. The average molecular weight is 442 g/mol. The molecule has 0 bridgehead atoms. The summed E-state index contributed by atoms with van der Waals surface area (Å²) < 4.78 is 41.7. The Hall–Kier alpha value is -1.77. The average Bonchev–Trinajstić information content (AvgIpc) is 3.04. The number of rotatable bonds is 7. The quantitative estimate of drug-likeness (QED) is 0.667. The third kappa shape index (κ3) is 5.43. The van der Waals surface area contributed by atoms with Crippen molar-refractivity contribution in [1.82, 2.24) is 4.72 Å². The van der Waals surface area contributed by atoms with Crippen LogP contribution in [0.15, 0.2) is 27.8 Å². The summed E-state index contributed by atoms with van der Waals surface area (Å²) in [6.07, 6.45) is -0.234. The minimum Gasteiger partial charge on any atom is -0.386 e. The van der Waals surface area contributed by atoms with Gasteiger partial charge in [-0.15, -0.1) is 11.3 Å². The Morgan fingerprint density at radius 1 is 1.21 bits per heavy atom. The minimum absolute atomic E-state index is 0.0548. The Bertz CT molecular complexity index is 1000. The van der Waals surface area contributed by atoms with Crippen molar-refractivity contribution in [2.24, 2.45) is 0 Å². The van der Waals surface area contributed by atoms with Crippen LogP contribution in [0.1, 0.15) is 75.6 Å². The van der Waals surface area contributed by atoms with Gasteiger partial charge in [-0.25, -0.2) is 17.5 Å². The number of hydrogen-bond donors (Lipinski definition) is 2. The van der Waals surface area contributed by atoms with E-state index >= 15 is 0 Å². The molecule has 0 radical (unpaired) electrons. The Balaban J connectivity index is 2.33. The lowest BCUT2D eigenvalue weighted by Crippen LogP contribution is -2.32. The molecule has 0 fully saturated rings. The second-order valence-electron chi connectivity index (χ2n) is 8.26. The van der Waals surface area contributed by atoms with E-state index in [1.165, 1.54) is 12.1 Å². The van der Waals surface area contributed by atoms with Gasteiger partial charge in [0.2, 0.25) is 5.91 Å². The highest BCUT2D eigenvalue weighted by Gasteiger charge is 2.26. The molecule has 1 amide bonds. The maximum atomic E-state index is 14.4. The summed E-state index contributed by atoms with van der Waals surface area (Å²) >= 11 is 0.928. The summed E-state index contributed by atoms with van der Waals surface area (Å²) in [6.45, 7) is 10.7. The van der Waals surface area contributed by atoms with Gasteiger partial charge >= 0.3 is 0 Å². The van der Waals surface area contributed by atoms with Crippen LogP contribution in [0.4, 0.5) is 4.39 Å². The lowest BCUT2D eigenvalue weighted by atomic mass is 9.86. The largest absolute Gasteiger partial charge is 0.386 e. The van der Waals surface area contributed by atoms with Crippen molar-refractivity contribution in [1.29, 1.82) is 0 Å². The molecule has 5 nitrogen and oxygen atoms in total. The van der Waals surface area contributed by atoms with E-state index in [4.69, 9.17) is 0 Å². The van der Waals surface area contributed by atoms with Crippen LogP contribution in [0.3, 0.4) is 0 Å². The third-order valence-corrected chi connectivity index (χ3v) is 7.48. The van der Waals surface area contributed by atoms with E-state index in [2.05, 4.69) is 4.72 Å². The molecule has 0 aliphatic heterocycles. The van der Waals surface area contributed by atoms with E-state index in [1.54, 1.807) is 25.3 Å². The van der Waals surface area contributed by atoms with Gasteiger partial charge in [0.1, 0.15) is 10.0 Å². The van der Waals surface area contributed by atoms with Crippen molar-refractivity contribution >= 4 is 27.3 Å². The Labute approximate surface area is 176 Å². The van der Waals surface area contributed by atoms with Crippen LogP contribution in [0.5, 0.6) is 0 Å². The molecule has 0 spiro atoms. The van der Waals surface area contributed by atoms with Crippen molar-refractivity contribution < 1.29 is 22.7 Å². The molecule has 1 heterocycles. The highest BCUT2D eigenvalue weighted by molar-refractivity contribution is 7.92. The van der Waals surface area contributed by atoms with Gasteiger partial charge < -0.3 is 5.11 Å². The van der Waals surface area contributed by atoms with Crippen LogP contribution in [-0.2, 0) is 26.8 Å². The summed E-state index contributed by atoms with van der Waals surface area (Å²) in [5.74, 6) is -1.22. The Kier molecular flexibility index (Phi) is 6.92. The molecular weight excluding hydrogens is 413 g/mol. The van der Waals surface area contributed by atoms with Gasteiger partial charge in [-0.3, -0.25) is 4.79 Å².